The van der Waals surface area contributed by atoms with Crippen LogP contribution in [0.4, 0.5) is 8.78 Å². The lowest BCUT2D eigenvalue weighted by molar-refractivity contribution is 0.566. The SMILES string of the molecule is Cc1cc(F)c(CC[C@H](C)N)cc1F. The van der Waals surface area contributed by atoms with Crippen molar-refractivity contribution in [1.82, 2.24) is 0 Å². The van der Waals surface area contributed by atoms with E-state index in [0.29, 0.717) is 24.0 Å². The van der Waals surface area contributed by atoms with Gasteiger partial charge in [-0.25, -0.2) is 8.78 Å². The van der Waals surface area contributed by atoms with E-state index in [4.69, 9.17) is 5.73 Å². The summed E-state index contributed by atoms with van der Waals surface area (Å²) in [7, 11) is 0. The number of rotatable bonds is 3. The molecule has 3 heteroatoms. The number of aryl methyl sites for hydroxylation is 2. The summed E-state index contributed by atoms with van der Waals surface area (Å²) in [6, 6.07) is 2.50. The van der Waals surface area contributed by atoms with Gasteiger partial charge in [0.25, 0.3) is 0 Å². The fourth-order valence-corrected chi connectivity index (χ4v) is 1.26. The van der Waals surface area contributed by atoms with Gasteiger partial charge in [0.05, 0.1) is 0 Å². The molecular weight excluding hydrogens is 184 g/mol. The maximum Gasteiger partial charge on any atom is 0.126 e. The van der Waals surface area contributed by atoms with Crippen LogP contribution >= 0.6 is 0 Å². The van der Waals surface area contributed by atoms with Gasteiger partial charge in [0.2, 0.25) is 0 Å². The molecule has 0 bridgehead atoms. The lowest BCUT2D eigenvalue weighted by atomic mass is 10.0. The third kappa shape index (κ3) is 2.77. The molecule has 1 rings (SSSR count). The Kier molecular flexibility index (Phi) is 3.58. The second-order valence-corrected chi connectivity index (χ2v) is 3.71. The summed E-state index contributed by atoms with van der Waals surface area (Å²) in [5.41, 5.74) is 6.29. The summed E-state index contributed by atoms with van der Waals surface area (Å²) >= 11 is 0. The fourth-order valence-electron chi connectivity index (χ4n) is 1.26. The van der Waals surface area contributed by atoms with Gasteiger partial charge in [0, 0.05) is 6.04 Å². The molecule has 78 valence electrons. The highest BCUT2D eigenvalue weighted by Crippen LogP contribution is 2.15. The molecule has 1 aromatic rings. The normalized spacial score (nSPS) is 12.9. The van der Waals surface area contributed by atoms with Gasteiger partial charge < -0.3 is 5.73 Å². The molecule has 0 aliphatic carbocycles. The molecule has 1 nitrogen and oxygen atoms in total. The molecule has 0 radical (unpaired) electrons. The van der Waals surface area contributed by atoms with Crippen molar-refractivity contribution in [3.63, 3.8) is 0 Å². The second-order valence-electron chi connectivity index (χ2n) is 3.71. The predicted octanol–water partition coefficient (Wildman–Crippen LogP) is 2.55. The van der Waals surface area contributed by atoms with Crippen LogP contribution in [-0.4, -0.2) is 6.04 Å². The van der Waals surface area contributed by atoms with Crippen LogP contribution in [0.3, 0.4) is 0 Å². The molecule has 2 N–H and O–H groups in total. The Hall–Kier alpha value is -0.960. The van der Waals surface area contributed by atoms with Crippen LogP contribution < -0.4 is 5.73 Å². The van der Waals surface area contributed by atoms with E-state index in [9.17, 15) is 8.78 Å². The van der Waals surface area contributed by atoms with Crippen LogP contribution in [0, 0.1) is 18.6 Å². The van der Waals surface area contributed by atoms with Gasteiger partial charge in [-0.3, -0.25) is 0 Å². The molecule has 0 amide bonds. The van der Waals surface area contributed by atoms with E-state index in [1.54, 1.807) is 6.92 Å². The van der Waals surface area contributed by atoms with Crippen LogP contribution in [0.1, 0.15) is 24.5 Å². The van der Waals surface area contributed by atoms with E-state index in [1.165, 1.54) is 12.1 Å². The van der Waals surface area contributed by atoms with E-state index in [2.05, 4.69) is 0 Å². The maximum absolute atomic E-state index is 13.3. The first kappa shape index (κ1) is 11.1. The molecule has 1 aromatic carbocycles. The molecule has 0 fully saturated rings. The molecule has 0 saturated heterocycles. The largest absolute Gasteiger partial charge is 0.328 e. The summed E-state index contributed by atoms with van der Waals surface area (Å²) in [6.07, 6.45) is 1.15. The number of hydrogen-bond acceptors (Lipinski definition) is 1. The summed E-state index contributed by atoms with van der Waals surface area (Å²) in [5.74, 6) is -0.698. The van der Waals surface area contributed by atoms with Gasteiger partial charge in [0.1, 0.15) is 11.6 Å². The topological polar surface area (TPSA) is 26.0 Å². The molecule has 0 spiro atoms. The zero-order valence-electron chi connectivity index (χ0n) is 8.48. The minimum absolute atomic E-state index is 0.0127. The van der Waals surface area contributed by atoms with Crippen molar-refractivity contribution in [1.29, 1.82) is 0 Å². The number of hydrogen-bond donors (Lipinski definition) is 1. The average molecular weight is 199 g/mol. The molecular formula is C11H15F2N. The van der Waals surface area contributed by atoms with Gasteiger partial charge in [-0.15, -0.1) is 0 Å². The first-order valence-electron chi connectivity index (χ1n) is 4.71. The smallest absolute Gasteiger partial charge is 0.126 e. The minimum Gasteiger partial charge on any atom is -0.328 e. The monoisotopic (exact) mass is 199 g/mol. The summed E-state index contributed by atoms with van der Waals surface area (Å²) in [5, 5.41) is 0. The standard InChI is InChI=1S/C11H15F2N/c1-7-5-11(13)9(6-10(7)12)4-3-8(2)14/h5-6,8H,3-4,14H2,1-2H3/t8-/m0/s1. The first-order chi connectivity index (χ1) is 6.50. The third-order valence-corrected chi connectivity index (χ3v) is 2.20. The summed E-state index contributed by atoms with van der Waals surface area (Å²) in [6.45, 7) is 3.40. The third-order valence-electron chi connectivity index (χ3n) is 2.20. The van der Waals surface area contributed by atoms with Gasteiger partial charge in [-0.05, 0) is 49.9 Å². The maximum atomic E-state index is 13.3. The highest BCUT2D eigenvalue weighted by molar-refractivity contribution is 5.25. The van der Waals surface area contributed by atoms with Crippen LogP contribution in [0.25, 0.3) is 0 Å². The van der Waals surface area contributed by atoms with E-state index >= 15 is 0 Å². The highest BCUT2D eigenvalue weighted by Gasteiger charge is 2.07. The van der Waals surface area contributed by atoms with Gasteiger partial charge in [0.15, 0.2) is 0 Å². The zero-order chi connectivity index (χ0) is 10.7. The predicted molar refractivity (Wildman–Crippen MR) is 53.1 cm³/mol. The Labute approximate surface area is 82.9 Å². The quantitative estimate of drug-likeness (QED) is 0.795. The van der Waals surface area contributed by atoms with Crippen molar-refractivity contribution in [2.45, 2.75) is 32.7 Å². The van der Waals surface area contributed by atoms with Crippen LogP contribution in [0.15, 0.2) is 12.1 Å². The number of benzene rings is 1. The van der Waals surface area contributed by atoms with Crippen molar-refractivity contribution in [3.05, 3.63) is 34.9 Å². The molecule has 0 saturated carbocycles. The highest BCUT2D eigenvalue weighted by atomic mass is 19.1. The fraction of sp³-hybridized carbons (Fsp3) is 0.455. The molecule has 0 heterocycles. The molecule has 0 aliphatic rings. The summed E-state index contributed by atoms with van der Waals surface area (Å²) in [4.78, 5) is 0. The van der Waals surface area contributed by atoms with Gasteiger partial charge in [-0.1, -0.05) is 0 Å². The van der Waals surface area contributed by atoms with Crippen LogP contribution in [0.5, 0.6) is 0 Å². The summed E-state index contributed by atoms with van der Waals surface area (Å²) < 4.78 is 26.4. The number of nitrogens with two attached hydrogens (primary N) is 1. The molecule has 0 aliphatic heterocycles. The lowest BCUT2D eigenvalue weighted by Crippen LogP contribution is -2.15. The minimum atomic E-state index is -0.355. The molecule has 0 aromatic heterocycles. The van der Waals surface area contributed by atoms with Crippen molar-refractivity contribution >= 4 is 0 Å². The Bertz CT molecular complexity index is 321. The average Bonchev–Trinajstić information content (AvgIpc) is 2.09. The Morgan fingerprint density at radius 1 is 1.29 bits per heavy atom. The number of halogens is 2. The lowest BCUT2D eigenvalue weighted by Gasteiger charge is -2.07. The molecule has 0 unspecified atom stereocenters. The Morgan fingerprint density at radius 3 is 2.50 bits per heavy atom. The Balaban J connectivity index is 2.82. The van der Waals surface area contributed by atoms with E-state index in [0.717, 1.165) is 0 Å². The van der Waals surface area contributed by atoms with Crippen molar-refractivity contribution in [3.8, 4) is 0 Å². The van der Waals surface area contributed by atoms with Crippen molar-refractivity contribution in [2.24, 2.45) is 5.73 Å². The van der Waals surface area contributed by atoms with Crippen LogP contribution in [0.2, 0.25) is 0 Å². The van der Waals surface area contributed by atoms with Crippen LogP contribution in [-0.2, 0) is 6.42 Å². The van der Waals surface area contributed by atoms with E-state index in [1.807, 2.05) is 6.92 Å². The first-order valence-corrected chi connectivity index (χ1v) is 4.71. The molecule has 14 heavy (non-hydrogen) atoms. The van der Waals surface area contributed by atoms with E-state index in [-0.39, 0.29) is 17.7 Å². The van der Waals surface area contributed by atoms with Gasteiger partial charge in [-0.2, -0.15) is 0 Å². The Morgan fingerprint density at radius 2 is 1.93 bits per heavy atom. The van der Waals surface area contributed by atoms with Crippen molar-refractivity contribution < 1.29 is 8.78 Å². The second kappa shape index (κ2) is 4.51. The van der Waals surface area contributed by atoms with Crippen molar-refractivity contribution in [2.75, 3.05) is 0 Å². The van der Waals surface area contributed by atoms with E-state index < -0.39 is 0 Å². The van der Waals surface area contributed by atoms with Gasteiger partial charge >= 0.3 is 0 Å². The zero-order valence-corrected chi connectivity index (χ0v) is 8.48. The molecule has 1 atom stereocenters.